The van der Waals surface area contributed by atoms with Crippen LogP contribution in [-0.4, -0.2) is 27.9 Å². The number of carbonyl (C=O) groups excluding carboxylic acids is 1. The Balaban J connectivity index is 2.03. The molecule has 7 heteroatoms. The lowest BCUT2D eigenvalue weighted by atomic mass is 9.86. The van der Waals surface area contributed by atoms with Crippen LogP contribution >= 0.6 is 0 Å². The van der Waals surface area contributed by atoms with E-state index in [1.165, 1.54) is 12.1 Å². The van der Waals surface area contributed by atoms with Gasteiger partial charge >= 0.3 is 5.97 Å². The van der Waals surface area contributed by atoms with Gasteiger partial charge in [0.05, 0.1) is 10.8 Å². The summed E-state index contributed by atoms with van der Waals surface area (Å²) in [5.74, 6) is -1.48. The summed E-state index contributed by atoms with van der Waals surface area (Å²) in [5.41, 5.74) is 0.835. The van der Waals surface area contributed by atoms with Crippen LogP contribution in [0.3, 0.4) is 0 Å². The largest absolute Gasteiger partial charge is 0.481 e. The number of amides is 1. The number of nitrogens with zero attached hydrogens (tertiary/aromatic N) is 1. The fourth-order valence-corrected chi connectivity index (χ4v) is 2.72. The number of nitro benzene ring substituents is 1. The molecule has 1 aliphatic rings. The van der Waals surface area contributed by atoms with Crippen molar-refractivity contribution < 1.29 is 19.6 Å². The average Bonchev–Trinajstić information content (AvgIpc) is 2.47. The highest BCUT2D eigenvalue weighted by atomic mass is 16.6. The second kappa shape index (κ2) is 6.55. The molecule has 0 atom stereocenters. The van der Waals surface area contributed by atoms with E-state index in [1.54, 1.807) is 13.0 Å². The van der Waals surface area contributed by atoms with E-state index < -0.39 is 10.9 Å². The minimum absolute atomic E-state index is 0.0817. The normalized spacial score (nSPS) is 21.1. The summed E-state index contributed by atoms with van der Waals surface area (Å²) in [5, 5.41) is 22.6. The van der Waals surface area contributed by atoms with Crippen molar-refractivity contribution in [3.05, 3.63) is 39.4 Å². The predicted molar refractivity (Wildman–Crippen MR) is 78.7 cm³/mol. The van der Waals surface area contributed by atoms with Gasteiger partial charge in [0.2, 0.25) is 0 Å². The summed E-state index contributed by atoms with van der Waals surface area (Å²) in [6, 6.07) is 4.10. The van der Waals surface area contributed by atoms with Gasteiger partial charge in [0.15, 0.2) is 0 Å². The van der Waals surface area contributed by atoms with Crippen LogP contribution in [0.15, 0.2) is 18.2 Å². The summed E-state index contributed by atoms with van der Waals surface area (Å²) in [7, 11) is 0. The summed E-state index contributed by atoms with van der Waals surface area (Å²) < 4.78 is 0. The molecule has 1 amide bonds. The zero-order valence-corrected chi connectivity index (χ0v) is 12.2. The van der Waals surface area contributed by atoms with Crippen molar-refractivity contribution in [1.29, 1.82) is 0 Å². The van der Waals surface area contributed by atoms with E-state index in [0.29, 0.717) is 31.2 Å². The van der Waals surface area contributed by atoms with E-state index in [2.05, 4.69) is 5.32 Å². The van der Waals surface area contributed by atoms with Crippen molar-refractivity contribution in [2.75, 3.05) is 0 Å². The van der Waals surface area contributed by atoms with Gasteiger partial charge in [-0.25, -0.2) is 0 Å². The fourth-order valence-electron chi connectivity index (χ4n) is 2.72. The maximum absolute atomic E-state index is 12.3. The van der Waals surface area contributed by atoms with Crippen molar-refractivity contribution in [3.8, 4) is 0 Å². The van der Waals surface area contributed by atoms with Gasteiger partial charge in [-0.1, -0.05) is 6.07 Å². The highest BCUT2D eigenvalue weighted by Crippen LogP contribution is 2.25. The zero-order valence-electron chi connectivity index (χ0n) is 12.2. The number of nitrogens with one attached hydrogen (secondary N) is 1. The van der Waals surface area contributed by atoms with Crippen LogP contribution in [0.4, 0.5) is 5.69 Å². The van der Waals surface area contributed by atoms with Crippen LogP contribution in [0.5, 0.6) is 0 Å². The molecule has 1 fully saturated rings. The Morgan fingerprint density at radius 1 is 1.27 bits per heavy atom. The number of non-ortho nitro benzene ring substituents is 1. The van der Waals surface area contributed by atoms with Gasteiger partial charge in [-0.2, -0.15) is 0 Å². The summed E-state index contributed by atoms with van der Waals surface area (Å²) in [6.07, 6.45) is 2.29. The topological polar surface area (TPSA) is 110 Å². The lowest BCUT2D eigenvalue weighted by Gasteiger charge is -2.27. The Bertz CT molecular complexity index is 606. The number of rotatable bonds is 4. The molecule has 1 aliphatic carbocycles. The van der Waals surface area contributed by atoms with Gasteiger partial charge in [0.25, 0.3) is 11.6 Å². The Kier molecular flexibility index (Phi) is 4.75. The number of aliphatic carboxylic acids is 1. The quantitative estimate of drug-likeness (QED) is 0.655. The van der Waals surface area contributed by atoms with Crippen LogP contribution in [-0.2, 0) is 4.79 Å². The number of nitro groups is 1. The third-order valence-electron chi connectivity index (χ3n) is 4.09. The van der Waals surface area contributed by atoms with Crippen molar-refractivity contribution in [2.45, 2.75) is 38.6 Å². The molecule has 0 spiro atoms. The molecule has 22 heavy (non-hydrogen) atoms. The van der Waals surface area contributed by atoms with Gasteiger partial charge in [0.1, 0.15) is 0 Å². The molecule has 1 aromatic rings. The molecule has 0 heterocycles. The fraction of sp³-hybridized carbons (Fsp3) is 0.467. The van der Waals surface area contributed by atoms with Gasteiger partial charge in [-0.15, -0.1) is 0 Å². The molecule has 1 saturated carbocycles. The van der Waals surface area contributed by atoms with E-state index in [-0.39, 0.29) is 29.1 Å². The molecule has 0 unspecified atom stereocenters. The molecule has 0 aliphatic heterocycles. The van der Waals surface area contributed by atoms with Crippen molar-refractivity contribution in [3.63, 3.8) is 0 Å². The second-order valence-electron chi connectivity index (χ2n) is 5.62. The van der Waals surface area contributed by atoms with Crippen LogP contribution in [0, 0.1) is 23.0 Å². The molecule has 2 N–H and O–H groups in total. The second-order valence-corrected chi connectivity index (χ2v) is 5.62. The summed E-state index contributed by atoms with van der Waals surface area (Å²) in [4.78, 5) is 33.4. The van der Waals surface area contributed by atoms with E-state index in [4.69, 9.17) is 5.11 Å². The van der Waals surface area contributed by atoms with Crippen LogP contribution in [0.25, 0.3) is 0 Å². The first-order valence-corrected chi connectivity index (χ1v) is 7.17. The number of carboxylic acid groups (broad SMARTS) is 1. The Hall–Kier alpha value is -2.44. The molecule has 0 bridgehead atoms. The number of aryl methyl sites for hydroxylation is 1. The molecular weight excluding hydrogens is 288 g/mol. The number of carboxylic acids is 1. The SMILES string of the molecule is Cc1ccc([N+](=O)[O-])cc1C(=O)NC1CCC(C(=O)O)CC1. The van der Waals surface area contributed by atoms with Crippen LogP contribution in [0.1, 0.15) is 41.6 Å². The molecule has 118 valence electrons. The van der Waals surface area contributed by atoms with Gasteiger partial charge in [-0.05, 0) is 38.2 Å². The molecule has 2 rings (SSSR count). The molecule has 0 aromatic heterocycles. The van der Waals surface area contributed by atoms with E-state index in [1.807, 2.05) is 0 Å². The number of hydrogen-bond acceptors (Lipinski definition) is 4. The van der Waals surface area contributed by atoms with Crippen molar-refractivity contribution >= 4 is 17.6 Å². The van der Waals surface area contributed by atoms with Gasteiger partial charge in [-0.3, -0.25) is 19.7 Å². The number of carbonyl (C=O) groups is 2. The third-order valence-corrected chi connectivity index (χ3v) is 4.09. The molecule has 0 radical (unpaired) electrons. The Labute approximate surface area is 127 Å². The zero-order chi connectivity index (χ0) is 16.3. The summed E-state index contributed by atoms with van der Waals surface area (Å²) >= 11 is 0. The number of hydrogen-bond donors (Lipinski definition) is 2. The van der Waals surface area contributed by atoms with Crippen LogP contribution < -0.4 is 5.32 Å². The highest BCUT2D eigenvalue weighted by Gasteiger charge is 2.27. The first-order chi connectivity index (χ1) is 10.4. The predicted octanol–water partition coefficient (Wildman–Crippen LogP) is 2.28. The van der Waals surface area contributed by atoms with E-state index >= 15 is 0 Å². The first kappa shape index (κ1) is 15.9. The number of benzene rings is 1. The minimum atomic E-state index is -0.792. The minimum Gasteiger partial charge on any atom is -0.481 e. The smallest absolute Gasteiger partial charge is 0.306 e. The Morgan fingerprint density at radius 3 is 2.45 bits per heavy atom. The average molecular weight is 306 g/mol. The third kappa shape index (κ3) is 3.60. The molecule has 1 aromatic carbocycles. The lowest BCUT2D eigenvalue weighted by Crippen LogP contribution is -2.39. The summed E-state index contributed by atoms with van der Waals surface area (Å²) in [6.45, 7) is 1.72. The van der Waals surface area contributed by atoms with Crippen molar-refractivity contribution in [1.82, 2.24) is 5.32 Å². The molecule has 0 saturated heterocycles. The monoisotopic (exact) mass is 306 g/mol. The lowest BCUT2D eigenvalue weighted by molar-refractivity contribution is -0.384. The van der Waals surface area contributed by atoms with Crippen molar-refractivity contribution in [2.24, 2.45) is 5.92 Å². The standard InChI is InChI=1S/C15H18N2O5/c1-9-2-7-12(17(21)22)8-13(9)14(18)16-11-5-3-10(4-6-11)15(19)20/h2,7-8,10-11H,3-6H2,1H3,(H,16,18)(H,19,20). The van der Waals surface area contributed by atoms with Gasteiger partial charge < -0.3 is 10.4 Å². The molecule has 7 nitrogen and oxygen atoms in total. The maximum atomic E-state index is 12.3. The van der Waals surface area contributed by atoms with Gasteiger partial charge in [0, 0.05) is 23.7 Å². The highest BCUT2D eigenvalue weighted by molar-refractivity contribution is 5.96. The van der Waals surface area contributed by atoms with Crippen LogP contribution in [0.2, 0.25) is 0 Å². The molecular formula is C15H18N2O5. The Morgan fingerprint density at radius 2 is 1.91 bits per heavy atom. The maximum Gasteiger partial charge on any atom is 0.306 e. The van der Waals surface area contributed by atoms with E-state index in [0.717, 1.165) is 0 Å². The first-order valence-electron chi connectivity index (χ1n) is 7.17. The van der Waals surface area contributed by atoms with E-state index in [9.17, 15) is 19.7 Å².